The van der Waals surface area contributed by atoms with Gasteiger partial charge in [-0.05, 0) is 81.5 Å². The molecular formula is C33H40F3N7O2. The highest BCUT2D eigenvalue weighted by Crippen LogP contribution is 2.41. The number of piperidine rings is 1. The third-order valence-corrected chi connectivity index (χ3v) is 10.1. The van der Waals surface area contributed by atoms with Gasteiger partial charge in [-0.2, -0.15) is 9.97 Å². The predicted molar refractivity (Wildman–Crippen MR) is 166 cm³/mol. The normalized spacial score (nSPS) is 26.0. The summed E-state index contributed by atoms with van der Waals surface area (Å²) in [5, 5.41) is 3.51. The largest absolute Gasteiger partial charge is 0.461 e. The van der Waals surface area contributed by atoms with Crippen molar-refractivity contribution in [3.05, 3.63) is 35.5 Å². The molecule has 7 heterocycles. The summed E-state index contributed by atoms with van der Waals surface area (Å²) >= 11 is 0. The van der Waals surface area contributed by atoms with Crippen molar-refractivity contribution in [1.29, 1.82) is 0 Å². The van der Waals surface area contributed by atoms with E-state index in [2.05, 4.69) is 25.1 Å². The Labute approximate surface area is 260 Å². The zero-order valence-corrected chi connectivity index (χ0v) is 25.5. The van der Waals surface area contributed by atoms with Crippen molar-refractivity contribution in [3.8, 4) is 17.3 Å². The Bertz CT molecular complexity index is 1610. The summed E-state index contributed by atoms with van der Waals surface area (Å²) in [6, 6.07) is 2.79. The number of anilines is 2. The summed E-state index contributed by atoms with van der Waals surface area (Å²) in [6.45, 7) is 3.43. The molecule has 45 heavy (non-hydrogen) atoms. The summed E-state index contributed by atoms with van der Waals surface area (Å²) in [4.78, 5) is 30.8. The Morgan fingerprint density at radius 1 is 1.07 bits per heavy atom. The van der Waals surface area contributed by atoms with E-state index < -0.39 is 23.3 Å². The molecule has 1 aromatic carbocycles. The van der Waals surface area contributed by atoms with Crippen LogP contribution in [-0.4, -0.2) is 76.8 Å². The number of nitrogens with one attached hydrogen (secondary N) is 1. The van der Waals surface area contributed by atoms with E-state index >= 15 is 4.39 Å². The lowest BCUT2D eigenvalue weighted by Gasteiger charge is -2.34. The Balaban J connectivity index is 1.33. The van der Waals surface area contributed by atoms with E-state index in [9.17, 15) is 13.6 Å². The molecule has 8 rings (SSSR count). The summed E-state index contributed by atoms with van der Waals surface area (Å²) in [7, 11) is 0. The zero-order valence-electron chi connectivity index (χ0n) is 25.5. The topological polar surface area (TPSA) is 110 Å². The Morgan fingerprint density at radius 3 is 2.82 bits per heavy atom. The fraction of sp³-hybridized carbons (Fsp3) is 0.576. The third-order valence-electron chi connectivity index (χ3n) is 10.1. The van der Waals surface area contributed by atoms with Gasteiger partial charge in [0.1, 0.15) is 35.6 Å². The lowest BCUT2D eigenvalue weighted by molar-refractivity contribution is -0.121. The summed E-state index contributed by atoms with van der Waals surface area (Å²) in [6.07, 6.45) is 7.66. The molecule has 5 aliphatic rings. The fourth-order valence-corrected chi connectivity index (χ4v) is 7.82. The van der Waals surface area contributed by atoms with Crippen LogP contribution in [0.25, 0.3) is 22.2 Å². The second-order valence-corrected chi connectivity index (χ2v) is 13.2. The SMILES string of the molecule is Nc1cc2c(cc1F)CCCCC(=O)NCCC1CCCN(C1)c1nc(OCC34CCCN3CC(F)C4)nc3c(F)c-2ncc13. The van der Waals surface area contributed by atoms with E-state index in [1.54, 1.807) is 6.20 Å². The summed E-state index contributed by atoms with van der Waals surface area (Å²) in [5.74, 6) is -0.390. The van der Waals surface area contributed by atoms with Gasteiger partial charge in [0.15, 0.2) is 5.82 Å². The number of nitrogen functional groups attached to an aromatic ring is 1. The van der Waals surface area contributed by atoms with Crippen molar-refractivity contribution in [2.75, 3.05) is 50.0 Å². The first-order valence-corrected chi connectivity index (χ1v) is 16.3. The van der Waals surface area contributed by atoms with Crippen LogP contribution in [0.5, 0.6) is 6.01 Å². The van der Waals surface area contributed by atoms with E-state index in [-0.39, 0.29) is 35.4 Å². The third kappa shape index (κ3) is 5.89. The van der Waals surface area contributed by atoms with Gasteiger partial charge in [-0.15, -0.1) is 0 Å². The first-order valence-electron chi connectivity index (χ1n) is 16.3. The number of fused-ring (bicyclic) bond motifs is 9. The highest BCUT2D eigenvalue weighted by Gasteiger charge is 2.49. The molecular weight excluding hydrogens is 583 g/mol. The van der Waals surface area contributed by atoms with E-state index in [0.29, 0.717) is 80.0 Å². The highest BCUT2D eigenvalue weighted by molar-refractivity contribution is 5.92. The van der Waals surface area contributed by atoms with E-state index in [1.807, 2.05) is 0 Å². The molecule has 0 aliphatic carbocycles. The minimum Gasteiger partial charge on any atom is -0.461 e. The van der Waals surface area contributed by atoms with Crippen LogP contribution in [0.2, 0.25) is 0 Å². The van der Waals surface area contributed by atoms with E-state index in [4.69, 9.17) is 15.5 Å². The molecule has 6 bridgehead atoms. The number of ether oxygens (including phenoxy) is 1. The van der Waals surface area contributed by atoms with Crippen LogP contribution in [0.4, 0.5) is 24.7 Å². The second kappa shape index (κ2) is 12.3. The predicted octanol–water partition coefficient (Wildman–Crippen LogP) is 4.96. The summed E-state index contributed by atoms with van der Waals surface area (Å²) in [5.41, 5.74) is 6.48. The van der Waals surface area contributed by atoms with Crippen LogP contribution in [0.15, 0.2) is 18.3 Å². The number of hydrogen-bond acceptors (Lipinski definition) is 8. The maximum absolute atomic E-state index is 16.7. The molecule has 0 spiro atoms. The Hall–Kier alpha value is -3.67. The number of carbonyl (C=O) groups excluding carboxylic acids is 1. The lowest BCUT2D eigenvalue weighted by Crippen LogP contribution is -2.43. The molecule has 0 radical (unpaired) electrons. The van der Waals surface area contributed by atoms with Crippen LogP contribution in [0.3, 0.4) is 0 Å². The van der Waals surface area contributed by atoms with Crippen LogP contribution in [-0.2, 0) is 11.2 Å². The molecule has 3 N–H and O–H groups in total. The van der Waals surface area contributed by atoms with Crippen molar-refractivity contribution >= 4 is 28.3 Å². The maximum atomic E-state index is 16.7. The van der Waals surface area contributed by atoms with Gasteiger partial charge in [-0.1, -0.05) is 0 Å². The van der Waals surface area contributed by atoms with Crippen LogP contribution >= 0.6 is 0 Å². The van der Waals surface area contributed by atoms with Gasteiger partial charge in [-0.25, -0.2) is 13.2 Å². The molecule has 1 amide bonds. The number of aryl methyl sites for hydroxylation is 1. The van der Waals surface area contributed by atoms with E-state index in [1.165, 1.54) is 12.1 Å². The highest BCUT2D eigenvalue weighted by atomic mass is 19.1. The number of halogens is 3. The second-order valence-electron chi connectivity index (χ2n) is 13.2. The zero-order chi connectivity index (χ0) is 31.1. The van der Waals surface area contributed by atoms with Crippen molar-refractivity contribution in [3.63, 3.8) is 0 Å². The minimum absolute atomic E-state index is 0.00371. The molecule has 9 nitrogen and oxygen atoms in total. The monoisotopic (exact) mass is 623 g/mol. The summed E-state index contributed by atoms with van der Waals surface area (Å²) < 4.78 is 52.0. The van der Waals surface area contributed by atoms with Gasteiger partial charge in [0, 0.05) is 50.8 Å². The quantitative estimate of drug-likeness (QED) is 0.395. The molecule has 3 fully saturated rings. The van der Waals surface area contributed by atoms with Gasteiger partial charge in [-0.3, -0.25) is 14.7 Å². The van der Waals surface area contributed by atoms with Crippen molar-refractivity contribution in [2.24, 2.45) is 5.92 Å². The number of pyridine rings is 1. The number of aromatic nitrogens is 3. The van der Waals surface area contributed by atoms with E-state index in [0.717, 1.165) is 45.2 Å². The van der Waals surface area contributed by atoms with Crippen LogP contribution in [0, 0.1) is 17.6 Å². The Kier molecular flexibility index (Phi) is 8.18. The molecule has 3 atom stereocenters. The minimum atomic E-state index is -0.902. The number of rotatable bonds is 3. The molecule has 2 aromatic heterocycles. The Morgan fingerprint density at radius 2 is 1.93 bits per heavy atom. The number of alkyl halides is 1. The fourth-order valence-electron chi connectivity index (χ4n) is 7.82. The average molecular weight is 624 g/mol. The molecule has 3 aromatic rings. The van der Waals surface area contributed by atoms with Gasteiger partial charge in [0.25, 0.3) is 0 Å². The smallest absolute Gasteiger partial charge is 0.319 e. The van der Waals surface area contributed by atoms with Crippen molar-refractivity contribution < 1.29 is 22.7 Å². The molecule has 240 valence electrons. The lowest BCUT2D eigenvalue weighted by atomic mass is 9.94. The number of nitrogens with zero attached hydrogens (tertiary/aromatic N) is 5. The van der Waals surface area contributed by atoms with Crippen molar-refractivity contribution in [1.82, 2.24) is 25.2 Å². The average Bonchev–Trinajstić information content (AvgIpc) is 3.55. The molecule has 12 heteroatoms. The van der Waals surface area contributed by atoms with Gasteiger partial charge >= 0.3 is 6.01 Å². The molecule has 3 unspecified atom stereocenters. The number of nitrogens with two attached hydrogens (primary N) is 1. The van der Waals surface area contributed by atoms with Crippen LogP contribution in [0.1, 0.15) is 63.4 Å². The number of carbonyl (C=O) groups is 1. The number of hydrogen-bond donors (Lipinski definition) is 2. The molecule has 3 saturated heterocycles. The first-order chi connectivity index (χ1) is 21.8. The maximum Gasteiger partial charge on any atom is 0.319 e. The van der Waals surface area contributed by atoms with Crippen molar-refractivity contribution in [2.45, 2.75) is 75.9 Å². The number of benzene rings is 1. The molecule has 5 aliphatic heterocycles. The standard InChI is InChI=1S/C33H40F3N7O2/c34-22-15-33(9-4-12-43(33)18-22)19-45-32-40-30-24-16-39-29(28(30)36)23-14-26(37)25(35)13-21(23)6-1-2-7-27(44)38-10-8-20-5-3-11-42(17-20)31(24)41-32/h13-14,16,20,22H,1-12,15,17-19,37H2,(H,38,44). The molecule has 0 saturated carbocycles. The van der Waals surface area contributed by atoms with Gasteiger partial charge in [0.2, 0.25) is 5.91 Å². The van der Waals surface area contributed by atoms with Gasteiger partial charge in [0.05, 0.1) is 16.6 Å². The van der Waals surface area contributed by atoms with Gasteiger partial charge < -0.3 is 20.7 Å². The first kappa shape index (κ1) is 30.0. The van der Waals surface area contributed by atoms with Crippen LogP contribution < -0.4 is 20.7 Å². The number of amides is 1.